The molecule has 1 aliphatic rings. The van der Waals surface area contributed by atoms with Gasteiger partial charge in [-0.05, 0) is 59.7 Å². The highest BCUT2D eigenvalue weighted by molar-refractivity contribution is 5.95. The number of ether oxygens (including phenoxy) is 3. The van der Waals surface area contributed by atoms with E-state index in [0.717, 1.165) is 22.4 Å². The van der Waals surface area contributed by atoms with Crippen LogP contribution in [0.1, 0.15) is 22.8 Å². The number of carbonyl (C=O) groups is 1. The van der Waals surface area contributed by atoms with Crippen molar-refractivity contribution in [2.75, 3.05) is 38.7 Å². The normalized spacial score (nSPS) is 14.1. The number of benzene rings is 2. The van der Waals surface area contributed by atoms with Gasteiger partial charge in [-0.2, -0.15) is 0 Å². The second-order valence-corrected chi connectivity index (χ2v) is 9.18. The fraction of sp³-hybridized carbons (Fsp3) is 0.333. The maximum atomic E-state index is 12.8. The Balaban J connectivity index is 1.27. The molecule has 2 aromatic carbocycles. The van der Waals surface area contributed by atoms with Gasteiger partial charge >= 0.3 is 0 Å². The topological polar surface area (TPSA) is 129 Å². The van der Waals surface area contributed by atoms with E-state index in [1.807, 2.05) is 32.0 Å². The second-order valence-electron chi connectivity index (χ2n) is 9.18. The maximum Gasteiger partial charge on any atom is 0.254 e. The van der Waals surface area contributed by atoms with Crippen LogP contribution in [0.2, 0.25) is 0 Å². The van der Waals surface area contributed by atoms with Gasteiger partial charge in [-0.25, -0.2) is 14.6 Å². The first-order valence-corrected chi connectivity index (χ1v) is 12.6. The molecule has 1 saturated heterocycles. The largest absolute Gasteiger partial charge is 0.495 e. The van der Waals surface area contributed by atoms with E-state index >= 15 is 0 Å². The van der Waals surface area contributed by atoms with Crippen LogP contribution < -0.4 is 14.8 Å². The number of nitrogens with one attached hydrogen (secondary N) is 1. The molecule has 3 heterocycles. The molecule has 0 aliphatic carbocycles. The molecular weight excluding hydrogens is 500 g/mol. The molecule has 4 aromatic rings. The molecule has 0 spiro atoms. The van der Waals surface area contributed by atoms with Crippen molar-refractivity contribution in [2.24, 2.45) is 0 Å². The number of hydrogen-bond donors (Lipinski definition) is 1. The van der Waals surface area contributed by atoms with Gasteiger partial charge in [-0.15, -0.1) is 5.10 Å². The van der Waals surface area contributed by atoms with Gasteiger partial charge < -0.3 is 24.4 Å². The highest BCUT2D eigenvalue weighted by Gasteiger charge is 2.20. The summed E-state index contributed by atoms with van der Waals surface area (Å²) < 4.78 is 18.7. The van der Waals surface area contributed by atoms with Crippen LogP contribution in [0.25, 0.3) is 11.1 Å². The highest BCUT2D eigenvalue weighted by Crippen LogP contribution is 2.30. The van der Waals surface area contributed by atoms with Gasteiger partial charge in [0.15, 0.2) is 0 Å². The minimum atomic E-state index is -0.129. The van der Waals surface area contributed by atoms with Crippen LogP contribution in [0.15, 0.2) is 55.1 Å². The quantitative estimate of drug-likeness (QED) is 0.344. The molecule has 0 bridgehead atoms. The molecule has 202 valence electrons. The Hall–Kier alpha value is -4.58. The lowest BCUT2D eigenvalue weighted by atomic mass is 10.1. The number of rotatable bonds is 9. The smallest absolute Gasteiger partial charge is 0.254 e. The zero-order valence-corrected chi connectivity index (χ0v) is 22.1. The number of aryl methyl sites for hydroxylation is 1. The number of morpholine rings is 1. The summed E-state index contributed by atoms with van der Waals surface area (Å²) in [6.45, 7) is 6.76. The number of methoxy groups -OCH3 is 1. The summed E-state index contributed by atoms with van der Waals surface area (Å²) in [5, 5.41) is 14.4. The Bertz CT molecular complexity index is 1410. The molecule has 1 atom stereocenters. The van der Waals surface area contributed by atoms with Crippen LogP contribution in [0.3, 0.4) is 0 Å². The molecule has 12 heteroatoms. The number of aromatic nitrogens is 6. The molecule has 0 radical (unpaired) electrons. The lowest BCUT2D eigenvalue weighted by Gasteiger charge is -2.27. The summed E-state index contributed by atoms with van der Waals surface area (Å²) in [7, 11) is 1.56. The maximum absolute atomic E-state index is 12.8. The third-order valence-electron chi connectivity index (χ3n) is 6.33. The number of carbonyl (C=O) groups excluding carboxylic acids is 1. The van der Waals surface area contributed by atoms with E-state index in [4.69, 9.17) is 14.2 Å². The molecule has 2 aromatic heterocycles. The molecule has 5 rings (SSSR count). The summed E-state index contributed by atoms with van der Waals surface area (Å²) in [5.74, 6) is 1.66. The van der Waals surface area contributed by atoms with Crippen molar-refractivity contribution in [1.82, 2.24) is 35.1 Å². The van der Waals surface area contributed by atoms with E-state index in [-0.39, 0.29) is 12.0 Å². The van der Waals surface area contributed by atoms with E-state index in [9.17, 15) is 4.79 Å². The first kappa shape index (κ1) is 26.0. The van der Waals surface area contributed by atoms with Crippen molar-refractivity contribution < 1.29 is 19.0 Å². The molecule has 39 heavy (non-hydrogen) atoms. The van der Waals surface area contributed by atoms with Crippen molar-refractivity contribution in [2.45, 2.75) is 26.5 Å². The Kier molecular flexibility index (Phi) is 7.92. The van der Waals surface area contributed by atoms with E-state index in [0.29, 0.717) is 55.8 Å². The van der Waals surface area contributed by atoms with Gasteiger partial charge in [0.25, 0.3) is 5.91 Å². The minimum absolute atomic E-state index is 0.0463. The predicted octanol–water partition coefficient (Wildman–Crippen LogP) is 3.13. The molecule has 1 fully saturated rings. The average molecular weight is 531 g/mol. The van der Waals surface area contributed by atoms with Gasteiger partial charge in [0, 0.05) is 36.6 Å². The number of anilines is 2. The molecule has 1 aliphatic heterocycles. The monoisotopic (exact) mass is 530 g/mol. The fourth-order valence-electron chi connectivity index (χ4n) is 4.23. The molecule has 0 saturated carbocycles. The van der Waals surface area contributed by atoms with Crippen LogP contribution in [0.4, 0.5) is 11.6 Å². The summed E-state index contributed by atoms with van der Waals surface area (Å²) >= 11 is 0. The predicted molar refractivity (Wildman–Crippen MR) is 143 cm³/mol. The van der Waals surface area contributed by atoms with Gasteiger partial charge in [-0.3, -0.25) is 4.79 Å². The Morgan fingerprint density at radius 1 is 1.08 bits per heavy atom. The number of nitrogens with zero attached hydrogens (tertiary/aromatic N) is 7. The van der Waals surface area contributed by atoms with Crippen LogP contribution >= 0.6 is 0 Å². The van der Waals surface area contributed by atoms with Gasteiger partial charge in [-0.1, -0.05) is 12.1 Å². The lowest BCUT2D eigenvalue weighted by Crippen LogP contribution is -2.40. The van der Waals surface area contributed by atoms with Crippen molar-refractivity contribution in [3.63, 3.8) is 0 Å². The summed E-state index contributed by atoms with van der Waals surface area (Å²) in [6, 6.07) is 11.3. The first-order chi connectivity index (χ1) is 19.0. The number of tetrazole rings is 1. The summed E-state index contributed by atoms with van der Waals surface area (Å²) in [6.07, 6.45) is 4.93. The standard InChI is InChI=1S/C27H30N8O4/c1-18-4-5-20(12-24(18)39-19(2)16-35-17-30-32-33-35)22-14-28-27(29-15-22)31-23-7-6-21(13-25(23)37-3)26(36)34-8-10-38-11-9-34/h4-7,12-15,17,19H,8-11,16H2,1-3H3,(H,28,29,31). The van der Waals surface area contributed by atoms with E-state index in [1.54, 1.807) is 53.6 Å². The Labute approximate surface area is 225 Å². The van der Waals surface area contributed by atoms with E-state index < -0.39 is 0 Å². The third-order valence-corrected chi connectivity index (χ3v) is 6.33. The fourth-order valence-corrected chi connectivity index (χ4v) is 4.23. The molecule has 1 amide bonds. The Morgan fingerprint density at radius 3 is 2.59 bits per heavy atom. The van der Waals surface area contributed by atoms with Gasteiger partial charge in [0.2, 0.25) is 5.95 Å². The number of hydrogen-bond acceptors (Lipinski definition) is 10. The highest BCUT2D eigenvalue weighted by atomic mass is 16.5. The lowest BCUT2D eigenvalue weighted by molar-refractivity contribution is 0.0302. The van der Waals surface area contributed by atoms with Crippen molar-refractivity contribution >= 4 is 17.5 Å². The zero-order valence-electron chi connectivity index (χ0n) is 22.1. The Morgan fingerprint density at radius 2 is 1.87 bits per heavy atom. The molecule has 1 N–H and O–H groups in total. The third kappa shape index (κ3) is 6.29. The summed E-state index contributed by atoms with van der Waals surface area (Å²) in [4.78, 5) is 23.6. The minimum Gasteiger partial charge on any atom is -0.495 e. The number of amides is 1. The SMILES string of the molecule is COc1cc(C(=O)N2CCOCC2)ccc1Nc1ncc(-c2ccc(C)c(OC(C)Cn3cnnn3)c2)cn1. The second kappa shape index (κ2) is 11.9. The van der Waals surface area contributed by atoms with Crippen molar-refractivity contribution in [1.29, 1.82) is 0 Å². The average Bonchev–Trinajstić information content (AvgIpc) is 3.48. The first-order valence-electron chi connectivity index (χ1n) is 12.6. The van der Waals surface area contributed by atoms with Crippen LogP contribution in [0, 0.1) is 6.92 Å². The van der Waals surface area contributed by atoms with Crippen LogP contribution in [0.5, 0.6) is 11.5 Å². The molecule has 12 nitrogen and oxygen atoms in total. The zero-order chi connectivity index (χ0) is 27.2. The molecule has 1 unspecified atom stereocenters. The van der Waals surface area contributed by atoms with Crippen LogP contribution in [-0.2, 0) is 11.3 Å². The van der Waals surface area contributed by atoms with Crippen molar-refractivity contribution in [3.8, 4) is 22.6 Å². The van der Waals surface area contributed by atoms with E-state index in [1.165, 1.54) is 0 Å². The molecular formula is C27H30N8O4. The van der Waals surface area contributed by atoms with Gasteiger partial charge in [0.05, 0.1) is 32.6 Å². The van der Waals surface area contributed by atoms with Gasteiger partial charge in [0.1, 0.15) is 23.9 Å². The summed E-state index contributed by atoms with van der Waals surface area (Å²) in [5.41, 5.74) is 4.01. The van der Waals surface area contributed by atoms with E-state index in [2.05, 4.69) is 30.8 Å². The van der Waals surface area contributed by atoms with Crippen molar-refractivity contribution in [3.05, 3.63) is 66.2 Å². The van der Waals surface area contributed by atoms with Crippen LogP contribution in [-0.4, -0.2) is 80.5 Å².